The first-order valence-corrected chi connectivity index (χ1v) is 12.6. The molecule has 1 amide bonds. The van der Waals surface area contributed by atoms with Gasteiger partial charge in [-0.2, -0.15) is 0 Å². The zero-order valence-corrected chi connectivity index (χ0v) is 23.1. The molecule has 1 N–H and O–H groups in total. The summed E-state index contributed by atoms with van der Waals surface area (Å²) in [7, 11) is 0. The van der Waals surface area contributed by atoms with E-state index in [0.29, 0.717) is 11.1 Å². The van der Waals surface area contributed by atoms with Crippen molar-refractivity contribution in [1.29, 1.82) is 0 Å². The normalized spacial score (nSPS) is 17.2. The molecule has 0 saturated carbocycles. The standard InChI is InChI=1S/C28H24F3N3O9/c1-14-5-8-20(33(37)38)17(11-14)25(35)32-23-19-13-16(42-28(29,30)31)7-10-22(19)43-27(3,4)24(23)41-26(36)18-12-15(2)6-9-21(18)34(39)40/h5-13,23-24H,1-4H3,(H,32,35)/t23-,24+/m1/s1. The van der Waals surface area contributed by atoms with Crippen LogP contribution in [-0.4, -0.2) is 39.8 Å². The number of hydrogen-bond donors (Lipinski definition) is 1. The van der Waals surface area contributed by atoms with Gasteiger partial charge in [0.15, 0.2) is 6.10 Å². The summed E-state index contributed by atoms with van der Waals surface area (Å²) in [5.74, 6) is -2.87. The number of nitrogens with one attached hydrogen (secondary N) is 1. The molecule has 15 heteroatoms. The third kappa shape index (κ3) is 6.66. The predicted octanol–water partition coefficient (Wildman–Crippen LogP) is 5.89. The number of benzene rings is 3. The first kappa shape index (κ1) is 30.7. The molecule has 0 fully saturated rings. The van der Waals surface area contributed by atoms with E-state index in [1.54, 1.807) is 13.8 Å². The Bertz CT molecular complexity index is 1640. The molecule has 0 spiro atoms. The minimum atomic E-state index is -5.07. The molecular formula is C28H24F3N3O9. The van der Waals surface area contributed by atoms with Gasteiger partial charge in [-0.3, -0.25) is 25.0 Å². The fraction of sp³-hybridized carbons (Fsp3) is 0.286. The largest absolute Gasteiger partial charge is 0.573 e. The van der Waals surface area contributed by atoms with Crippen molar-refractivity contribution in [3.8, 4) is 11.5 Å². The van der Waals surface area contributed by atoms with E-state index < -0.39 is 68.5 Å². The number of carbonyl (C=O) groups is 2. The number of fused-ring (bicyclic) bond motifs is 1. The van der Waals surface area contributed by atoms with Crippen molar-refractivity contribution in [3.63, 3.8) is 0 Å². The van der Waals surface area contributed by atoms with Gasteiger partial charge in [0.05, 0.1) is 15.9 Å². The van der Waals surface area contributed by atoms with Crippen LogP contribution in [0, 0.1) is 34.1 Å². The Morgan fingerprint density at radius 1 is 0.907 bits per heavy atom. The SMILES string of the molecule is Cc1ccc([N+](=O)[O-])c(C(=O)N[C@@H]2c3cc(OC(F)(F)F)ccc3OC(C)(C)[C@H]2OC(=O)c2cc(C)ccc2[N+](=O)[O-])c1. The van der Waals surface area contributed by atoms with Gasteiger partial charge < -0.3 is 19.5 Å². The number of halogens is 3. The molecule has 0 saturated heterocycles. The van der Waals surface area contributed by atoms with Crippen LogP contribution in [0.5, 0.6) is 11.5 Å². The van der Waals surface area contributed by atoms with Gasteiger partial charge >= 0.3 is 12.3 Å². The first-order chi connectivity index (χ1) is 20.0. The number of amides is 1. The fourth-order valence-corrected chi connectivity index (χ4v) is 4.69. The van der Waals surface area contributed by atoms with Crippen LogP contribution in [-0.2, 0) is 4.74 Å². The maximum Gasteiger partial charge on any atom is 0.573 e. The van der Waals surface area contributed by atoms with Crippen LogP contribution in [0.25, 0.3) is 0 Å². The number of ether oxygens (including phenoxy) is 3. The Morgan fingerprint density at radius 3 is 2.02 bits per heavy atom. The van der Waals surface area contributed by atoms with Crippen LogP contribution >= 0.6 is 0 Å². The van der Waals surface area contributed by atoms with Gasteiger partial charge in [0.2, 0.25) is 0 Å². The monoisotopic (exact) mass is 603 g/mol. The summed E-state index contributed by atoms with van der Waals surface area (Å²) in [5, 5.41) is 25.8. The molecule has 1 heterocycles. The molecule has 43 heavy (non-hydrogen) atoms. The van der Waals surface area contributed by atoms with E-state index in [1.807, 2.05) is 0 Å². The predicted molar refractivity (Wildman–Crippen MR) is 143 cm³/mol. The second kappa shape index (κ2) is 11.2. The molecule has 2 atom stereocenters. The number of carbonyl (C=O) groups excluding carboxylic acids is 2. The van der Waals surface area contributed by atoms with E-state index in [-0.39, 0.29) is 16.9 Å². The van der Waals surface area contributed by atoms with Crippen LogP contribution in [0.4, 0.5) is 24.5 Å². The molecule has 4 rings (SSSR count). The lowest BCUT2D eigenvalue weighted by Crippen LogP contribution is -2.55. The Kier molecular flexibility index (Phi) is 8.03. The molecule has 226 valence electrons. The lowest BCUT2D eigenvalue weighted by molar-refractivity contribution is -0.385. The third-order valence-corrected chi connectivity index (χ3v) is 6.59. The molecule has 0 bridgehead atoms. The van der Waals surface area contributed by atoms with Gasteiger partial charge in [-0.15, -0.1) is 13.2 Å². The molecular weight excluding hydrogens is 579 g/mol. The number of rotatable bonds is 7. The Hall–Kier alpha value is -5.21. The number of aryl methyl sites for hydroxylation is 2. The van der Waals surface area contributed by atoms with Gasteiger partial charge in [-0.1, -0.05) is 12.1 Å². The van der Waals surface area contributed by atoms with Crippen LogP contribution in [0.15, 0.2) is 54.6 Å². The highest BCUT2D eigenvalue weighted by atomic mass is 19.4. The highest BCUT2D eigenvalue weighted by Gasteiger charge is 2.48. The molecule has 1 aliphatic rings. The average Bonchev–Trinajstić information content (AvgIpc) is 2.89. The molecule has 3 aromatic rings. The van der Waals surface area contributed by atoms with Crippen molar-refractivity contribution < 1.29 is 46.8 Å². The highest BCUT2D eigenvalue weighted by Crippen LogP contribution is 2.44. The number of esters is 1. The van der Waals surface area contributed by atoms with Crippen LogP contribution < -0.4 is 14.8 Å². The number of alkyl halides is 3. The summed E-state index contributed by atoms with van der Waals surface area (Å²) >= 11 is 0. The topological polar surface area (TPSA) is 160 Å². The van der Waals surface area contributed by atoms with Crippen molar-refractivity contribution in [2.24, 2.45) is 0 Å². The molecule has 0 aliphatic carbocycles. The van der Waals surface area contributed by atoms with Crippen molar-refractivity contribution in [2.75, 3.05) is 0 Å². The molecule has 0 radical (unpaired) electrons. The average molecular weight is 604 g/mol. The summed E-state index contributed by atoms with van der Waals surface area (Å²) in [6.45, 7) is 6.11. The Labute approximate surface area is 241 Å². The summed E-state index contributed by atoms with van der Waals surface area (Å²) in [6, 6.07) is 9.14. The fourth-order valence-electron chi connectivity index (χ4n) is 4.69. The minimum Gasteiger partial charge on any atom is -0.484 e. The van der Waals surface area contributed by atoms with E-state index in [1.165, 1.54) is 38.1 Å². The van der Waals surface area contributed by atoms with Crippen molar-refractivity contribution in [3.05, 3.63) is 103 Å². The highest BCUT2D eigenvalue weighted by molar-refractivity contribution is 5.99. The summed E-state index contributed by atoms with van der Waals surface area (Å²) in [4.78, 5) is 48.6. The van der Waals surface area contributed by atoms with E-state index in [2.05, 4.69) is 10.1 Å². The maximum atomic E-state index is 13.5. The minimum absolute atomic E-state index is 0.00241. The quantitative estimate of drug-likeness (QED) is 0.197. The lowest BCUT2D eigenvalue weighted by Gasteiger charge is -2.44. The van der Waals surface area contributed by atoms with Gasteiger partial charge in [0.1, 0.15) is 28.2 Å². The summed E-state index contributed by atoms with van der Waals surface area (Å²) in [5.41, 5.74) is -2.49. The van der Waals surface area contributed by atoms with Gasteiger partial charge in [-0.05, 0) is 69.2 Å². The molecule has 1 aliphatic heterocycles. The zero-order chi connectivity index (χ0) is 31.9. The molecule has 0 aromatic heterocycles. The van der Waals surface area contributed by atoms with Gasteiger partial charge in [0, 0.05) is 17.7 Å². The van der Waals surface area contributed by atoms with Crippen LogP contribution in [0.3, 0.4) is 0 Å². The van der Waals surface area contributed by atoms with Crippen molar-refractivity contribution in [2.45, 2.75) is 51.8 Å². The number of nitro groups is 2. The second-order valence-corrected chi connectivity index (χ2v) is 10.3. The van der Waals surface area contributed by atoms with E-state index in [9.17, 15) is 43.0 Å². The first-order valence-electron chi connectivity index (χ1n) is 12.6. The van der Waals surface area contributed by atoms with Gasteiger partial charge in [0.25, 0.3) is 17.3 Å². The third-order valence-electron chi connectivity index (χ3n) is 6.59. The second-order valence-electron chi connectivity index (χ2n) is 10.3. The summed E-state index contributed by atoms with van der Waals surface area (Å²) < 4.78 is 54.8. The number of nitrogens with zero attached hydrogens (tertiary/aromatic N) is 2. The smallest absolute Gasteiger partial charge is 0.484 e. The molecule has 12 nitrogen and oxygen atoms in total. The maximum absolute atomic E-state index is 13.5. The van der Waals surface area contributed by atoms with Crippen LogP contribution in [0.1, 0.15) is 57.3 Å². The lowest BCUT2D eigenvalue weighted by atomic mass is 9.85. The van der Waals surface area contributed by atoms with Crippen LogP contribution in [0.2, 0.25) is 0 Å². The van der Waals surface area contributed by atoms with Crippen molar-refractivity contribution >= 4 is 23.3 Å². The number of nitro benzene ring substituents is 2. The van der Waals surface area contributed by atoms with E-state index in [4.69, 9.17) is 9.47 Å². The zero-order valence-electron chi connectivity index (χ0n) is 23.1. The Morgan fingerprint density at radius 2 is 1.47 bits per heavy atom. The number of hydrogen-bond acceptors (Lipinski definition) is 9. The van der Waals surface area contributed by atoms with E-state index >= 15 is 0 Å². The van der Waals surface area contributed by atoms with Crippen molar-refractivity contribution in [1.82, 2.24) is 5.32 Å². The molecule has 0 unspecified atom stereocenters. The summed E-state index contributed by atoms with van der Waals surface area (Å²) in [6.07, 6.45) is -6.58. The van der Waals surface area contributed by atoms with Gasteiger partial charge in [-0.25, -0.2) is 4.79 Å². The molecule has 3 aromatic carbocycles. The van der Waals surface area contributed by atoms with E-state index in [0.717, 1.165) is 30.3 Å². The Balaban J connectivity index is 1.84.